The molecule has 0 bridgehead atoms. The lowest BCUT2D eigenvalue weighted by atomic mass is 9.89. The smallest absolute Gasteiger partial charge is 0.152 e. The number of nitrogens with zero attached hydrogens (tertiary/aromatic N) is 1. The van der Waals surface area contributed by atoms with Crippen LogP contribution in [0.3, 0.4) is 0 Å². The SMILES string of the molecule is O=S1(=O)CCC2(C1)NCCc1[nH]cnc12. The number of nitrogens with one attached hydrogen (secondary N) is 2. The van der Waals surface area contributed by atoms with Gasteiger partial charge < -0.3 is 10.3 Å². The zero-order valence-electron chi connectivity index (χ0n) is 8.28. The van der Waals surface area contributed by atoms with Gasteiger partial charge in [0.25, 0.3) is 0 Å². The molecular weight excluding hydrogens is 214 g/mol. The molecule has 1 aromatic rings. The highest BCUT2D eigenvalue weighted by Gasteiger charge is 2.47. The van der Waals surface area contributed by atoms with Crippen molar-refractivity contribution in [2.24, 2.45) is 0 Å². The number of rotatable bonds is 0. The number of aromatic nitrogens is 2. The molecule has 1 spiro atoms. The van der Waals surface area contributed by atoms with Crippen LogP contribution in [0.1, 0.15) is 17.8 Å². The molecule has 0 radical (unpaired) electrons. The van der Waals surface area contributed by atoms with Gasteiger partial charge in [-0.2, -0.15) is 0 Å². The van der Waals surface area contributed by atoms with E-state index in [0.29, 0.717) is 6.42 Å². The number of hydrogen-bond donors (Lipinski definition) is 2. The van der Waals surface area contributed by atoms with Gasteiger partial charge in [-0.3, -0.25) is 0 Å². The Kier molecular flexibility index (Phi) is 1.76. The number of fused-ring (bicyclic) bond motifs is 2. The molecule has 1 aromatic heterocycles. The molecule has 2 N–H and O–H groups in total. The van der Waals surface area contributed by atoms with E-state index in [9.17, 15) is 8.42 Å². The van der Waals surface area contributed by atoms with Crippen molar-refractivity contribution >= 4 is 9.84 Å². The van der Waals surface area contributed by atoms with Crippen molar-refractivity contribution in [2.75, 3.05) is 18.1 Å². The molecule has 0 aromatic carbocycles. The summed E-state index contributed by atoms with van der Waals surface area (Å²) in [6.45, 7) is 0.824. The number of hydrogen-bond acceptors (Lipinski definition) is 4. The minimum absolute atomic E-state index is 0.192. The molecule has 6 heteroatoms. The molecule has 2 aliphatic rings. The number of H-pyrrole nitrogens is 1. The molecule has 3 rings (SSSR count). The molecule has 5 nitrogen and oxygen atoms in total. The Bertz CT molecular complexity index is 493. The molecule has 2 aliphatic heterocycles. The Labute approximate surface area is 88.2 Å². The lowest BCUT2D eigenvalue weighted by Gasteiger charge is -2.32. The predicted octanol–water partition coefficient (Wildman–Crippen LogP) is -0.431. The number of sulfone groups is 1. The largest absolute Gasteiger partial charge is 0.348 e. The van der Waals surface area contributed by atoms with Crippen LogP contribution in [-0.2, 0) is 21.8 Å². The summed E-state index contributed by atoms with van der Waals surface area (Å²) in [6, 6.07) is 0. The van der Waals surface area contributed by atoms with Crippen LogP contribution < -0.4 is 5.32 Å². The zero-order valence-corrected chi connectivity index (χ0v) is 9.10. The average molecular weight is 227 g/mol. The van der Waals surface area contributed by atoms with Crippen molar-refractivity contribution < 1.29 is 8.42 Å². The summed E-state index contributed by atoms with van der Waals surface area (Å²) in [5.74, 6) is 0.462. The van der Waals surface area contributed by atoms with E-state index in [4.69, 9.17) is 0 Å². The van der Waals surface area contributed by atoms with Crippen LogP contribution in [0.4, 0.5) is 0 Å². The first-order chi connectivity index (χ1) is 7.11. The van der Waals surface area contributed by atoms with Crippen molar-refractivity contribution in [3.05, 3.63) is 17.7 Å². The van der Waals surface area contributed by atoms with E-state index in [1.165, 1.54) is 0 Å². The van der Waals surface area contributed by atoms with Gasteiger partial charge in [0.1, 0.15) is 0 Å². The normalized spacial score (nSPS) is 33.1. The highest BCUT2D eigenvalue weighted by molar-refractivity contribution is 7.91. The van der Waals surface area contributed by atoms with E-state index in [0.717, 1.165) is 24.4 Å². The number of imidazole rings is 1. The van der Waals surface area contributed by atoms with Gasteiger partial charge in [0.15, 0.2) is 9.84 Å². The van der Waals surface area contributed by atoms with Gasteiger partial charge in [-0.1, -0.05) is 0 Å². The van der Waals surface area contributed by atoms with E-state index in [-0.39, 0.29) is 11.5 Å². The van der Waals surface area contributed by atoms with Gasteiger partial charge in [-0.05, 0) is 6.42 Å². The van der Waals surface area contributed by atoms with Crippen molar-refractivity contribution in [1.82, 2.24) is 15.3 Å². The molecule has 1 saturated heterocycles. The number of aromatic amines is 1. The maximum atomic E-state index is 11.6. The second kappa shape index (κ2) is 2.82. The standard InChI is InChI=1S/C9H13N3O2S/c13-15(14)4-2-9(5-15)8-7(1-3-12-9)10-6-11-8/h6,12H,1-5H2,(H,10,11). The van der Waals surface area contributed by atoms with E-state index < -0.39 is 15.4 Å². The van der Waals surface area contributed by atoms with Crippen LogP contribution in [0.5, 0.6) is 0 Å². The second-order valence-electron chi connectivity index (χ2n) is 4.33. The molecule has 0 aliphatic carbocycles. The fraction of sp³-hybridized carbons (Fsp3) is 0.667. The van der Waals surface area contributed by atoms with Crippen molar-refractivity contribution in [3.8, 4) is 0 Å². The molecule has 1 atom stereocenters. The van der Waals surface area contributed by atoms with Gasteiger partial charge in [0, 0.05) is 18.7 Å². The maximum absolute atomic E-state index is 11.6. The van der Waals surface area contributed by atoms with E-state index in [1.54, 1.807) is 6.33 Å². The van der Waals surface area contributed by atoms with E-state index in [2.05, 4.69) is 15.3 Å². The lowest BCUT2D eigenvalue weighted by Crippen LogP contribution is -2.48. The molecule has 1 unspecified atom stereocenters. The summed E-state index contributed by atoms with van der Waals surface area (Å²) in [5, 5.41) is 3.33. The van der Waals surface area contributed by atoms with Crippen LogP contribution in [0, 0.1) is 0 Å². The molecule has 82 valence electrons. The van der Waals surface area contributed by atoms with Gasteiger partial charge in [0.2, 0.25) is 0 Å². The third-order valence-electron chi connectivity index (χ3n) is 3.32. The molecule has 0 amide bonds. The Morgan fingerprint density at radius 1 is 1.47 bits per heavy atom. The third kappa shape index (κ3) is 1.32. The van der Waals surface area contributed by atoms with Crippen molar-refractivity contribution in [3.63, 3.8) is 0 Å². The van der Waals surface area contributed by atoms with Gasteiger partial charge >= 0.3 is 0 Å². The highest BCUT2D eigenvalue weighted by atomic mass is 32.2. The van der Waals surface area contributed by atoms with Crippen LogP contribution in [0.15, 0.2) is 6.33 Å². The minimum atomic E-state index is -2.89. The molecule has 1 fully saturated rings. The summed E-state index contributed by atoms with van der Waals surface area (Å²) in [7, 11) is -2.89. The van der Waals surface area contributed by atoms with Crippen molar-refractivity contribution in [1.29, 1.82) is 0 Å². The van der Waals surface area contributed by atoms with Gasteiger partial charge in [-0.25, -0.2) is 13.4 Å². The predicted molar refractivity (Wildman–Crippen MR) is 55.2 cm³/mol. The van der Waals surface area contributed by atoms with E-state index in [1.807, 2.05) is 0 Å². The van der Waals surface area contributed by atoms with Crippen LogP contribution in [-0.4, -0.2) is 36.4 Å². The lowest BCUT2D eigenvalue weighted by molar-refractivity contribution is 0.346. The molecular formula is C9H13N3O2S. The van der Waals surface area contributed by atoms with Crippen LogP contribution in [0.2, 0.25) is 0 Å². The van der Waals surface area contributed by atoms with Gasteiger partial charge in [0.05, 0.1) is 29.1 Å². The fourth-order valence-corrected chi connectivity index (χ4v) is 4.55. The van der Waals surface area contributed by atoms with Gasteiger partial charge in [-0.15, -0.1) is 0 Å². The monoisotopic (exact) mass is 227 g/mol. The minimum Gasteiger partial charge on any atom is -0.348 e. The molecule has 3 heterocycles. The quantitative estimate of drug-likeness (QED) is 0.630. The summed E-state index contributed by atoms with van der Waals surface area (Å²) < 4.78 is 23.1. The van der Waals surface area contributed by atoms with E-state index >= 15 is 0 Å². The third-order valence-corrected chi connectivity index (χ3v) is 5.07. The average Bonchev–Trinajstić information content (AvgIpc) is 2.73. The highest BCUT2D eigenvalue weighted by Crippen LogP contribution is 2.36. The first-order valence-electron chi connectivity index (χ1n) is 5.10. The first-order valence-corrected chi connectivity index (χ1v) is 6.92. The van der Waals surface area contributed by atoms with Crippen molar-refractivity contribution in [2.45, 2.75) is 18.4 Å². The summed E-state index contributed by atoms with van der Waals surface area (Å²) in [5.41, 5.74) is 1.59. The fourth-order valence-electron chi connectivity index (χ4n) is 2.61. The topological polar surface area (TPSA) is 74.8 Å². The van der Waals surface area contributed by atoms with Crippen LogP contribution in [0.25, 0.3) is 0 Å². The zero-order chi connectivity index (χ0) is 10.5. The molecule has 15 heavy (non-hydrogen) atoms. The Hall–Kier alpha value is -0.880. The Morgan fingerprint density at radius 3 is 3.07 bits per heavy atom. The summed E-state index contributed by atoms with van der Waals surface area (Å²) in [6.07, 6.45) is 3.20. The van der Waals surface area contributed by atoms with Crippen LogP contribution >= 0.6 is 0 Å². The maximum Gasteiger partial charge on any atom is 0.152 e. The summed E-state index contributed by atoms with van der Waals surface area (Å²) in [4.78, 5) is 7.37. The first kappa shape index (κ1) is 9.35. The molecule has 0 saturated carbocycles. The second-order valence-corrected chi connectivity index (χ2v) is 6.51. The Morgan fingerprint density at radius 2 is 2.33 bits per heavy atom. The summed E-state index contributed by atoms with van der Waals surface area (Å²) >= 11 is 0. The Balaban J connectivity index is 2.10.